The van der Waals surface area contributed by atoms with Crippen molar-refractivity contribution in [2.45, 2.75) is 31.4 Å². The molecule has 0 bridgehead atoms. The number of carboxylic acid groups (broad SMARTS) is 1. The lowest BCUT2D eigenvalue weighted by molar-refractivity contribution is 0.0687. The molecule has 0 spiro atoms. The first-order valence-corrected chi connectivity index (χ1v) is 7.36. The molecule has 0 radical (unpaired) electrons. The van der Waals surface area contributed by atoms with Crippen molar-refractivity contribution in [1.82, 2.24) is 5.32 Å². The Hall–Kier alpha value is -1.43. The van der Waals surface area contributed by atoms with Gasteiger partial charge in [-0.3, -0.25) is 4.79 Å². The van der Waals surface area contributed by atoms with Crippen LogP contribution in [0.25, 0.3) is 0 Å². The first-order chi connectivity index (χ1) is 8.99. The quantitative estimate of drug-likeness (QED) is 0.805. The minimum atomic E-state index is -1.17. The van der Waals surface area contributed by atoms with Gasteiger partial charge in [-0.25, -0.2) is 4.79 Å². The first-order valence-electron chi connectivity index (χ1n) is 6.13. The molecule has 1 amide bonds. The lowest BCUT2D eigenvalue weighted by atomic mass is 10.0. The van der Waals surface area contributed by atoms with Crippen LogP contribution in [-0.4, -0.2) is 34.5 Å². The highest BCUT2D eigenvalue weighted by Gasteiger charge is 2.27. The standard InChI is InChI=1S/C13H19NO4S/c1-4-13(5-2,19-3)8-14-11(15)10-9(12(16)17)6-7-18-10/h6-7H,4-5,8H2,1-3H3,(H,14,15)(H,16,17). The van der Waals surface area contributed by atoms with Gasteiger partial charge in [0.15, 0.2) is 0 Å². The number of amides is 1. The van der Waals surface area contributed by atoms with E-state index in [1.165, 1.54) is 12.3 Å². The Morgan fingerprint density at radius 2 is 2.05 bits per heavy atom. The van der Waals surface area contributed by atoms with Crippen LogP contribution in [0.3, 0.4) is 0 Å². The van der Waals surface area contributed by atoms with E-state index >= 15 is 0 Å². The molecule has 6 heteroatoms. The predicted molar refractivity (Wildman–Crippen MR) is 74.8 cm³/mol. The molecule has 106 valence electrons. The van der Waals surface area contributed by atoms with Crippen LogP contribution in [0.1, 0.15) is 47.6 Å². The third-order valence-electron chi connectivity index (χ3n) is 3.39. The largest absolute Gasteiger partial charge is 0.478 e. The van der Waals surface area contributed by atoms with Crippen molar-refractivity contribution >= 4 is 23.6 Å². The average molecular weight is 285 g/mol. The van der Waals surface area contributed by atoms with Gasteiger partial charge in [0.25, 0.3) is 5.91 Å². The van der Waals surface area contributed by atoms with Crippen LogP contribution >= 0.6 is 11.8 Å². The Kier molecular flexibility index (Phi) is 5.47. The summed E-state index contributed by atoms with van der Waals surface area (Å²) in [6.45, 7) is 4.63. The highest BCUT2D eigenvalue weighted by Crippen LogP contribution is 2.29. The molecule has 0 atom stereocenters. The normalized spacial score (nSPS) is 11.3. The molecule has 5 nitrogen and oxygen atoms in total. The maximum absolute atomic E-state index is 11.9. The molecule has 2 N–H and O–H groups in total. The molecule has 0 unspecified atom stereocenters. The van der Waals surface area contributed by atoms with E-state index in [-0.39, 0.29) is 16.1 Å². The molecule has 0 aromatic carbocycles. The molecule has 19 heavy (non-hydrogen) atoms. The maximum atomic E-state index is 11.9. The summed E-state index contributed by atoms with van der Waals surface area (Å²) in [6.07, 6.45) is 5.07. The Bertz CT molecular complexity index is 443. The molecular formula is C13H19NO4S. The molecule has 0 aliphatic rings. The van der Waals surface area contributed by atoms with E-state index in [4.69, 9.17) is 9.52 Å². The van der Waals surface area contributed by atoms with Gasteiger partial charge in [-0.05, 0) is 25.2 Å². The van der Waals surface area contributed by atoms with E-state index in [2.05, 4.69) is 19.2 Å². The van der Waals surface area contributed by atoms with Gasteiger partial charge in [-0.15, -0.1) is 0 Å². The summed E-state index contributed by atoms with van der Waals surface area (Å²) in [5.41, 5.74) is -0.111. The van der Waals surface area contributed by atoms with Crippen molar-refractivity contribution in [2.75, 3.05) is 12.8 Å². The molecule has 1 rings (SSSR count). The van der Waals surface area contributed by atoms with Gasteiger partial charge >= 0.3 is 5.97 Å². The second-order valence-electron chi connectivity index (χ2n) is 4.25. The lowest BCUT2D eigenvalue weighted by Crippen LogP contribution is -2.39. The molecule has 1 heterocycles. The molecule has 0 fully saturated rings. The molecule has 1 aromatic rings. The fourth-order valence-corrected chi connectivity index (χ4v) is 2.63. The number of rotatable bonds is 7. The zero-order chi connectivity index (χ0) is 14.5. The topological polar surface area (TPSA) is 79.5 Å². The van der Waals surface area contributed by atoms with Crippen molar-refractivity contribution in [1.29, 1.82) is 0 Å². The highest BCUT2D eigenvalue weighted by atomic mass is 32.2. The highest BCUT2D eigenvalue weighted by molar-refractivity contribution is 8.00. The Balaban J connectivity index is 2.75. The van der Waals surface area contributed by atoms with Crippen molar-refractivity contribution in [2.24, 2.45) is 0 Å². The van der Waals surface area contributed by atoms with Crippen LogP contribution in [0.5, 0.6) is 0 Å². The Morgan fingerprint density at radius 1 is 1.42 bits per heavy atom. The van der Waals surface area contributed by atoms with Crippen LogP contribution in [0.15, 0.2) is 16.7 Å². The van der Waals surface area contributed by atoms with E-state index in [0.717, 1.165) is 12.8 Å². The van der Waals surface area contributed by atoms with Gasteiger partial charge in [-0.1, -0.05) is 13.8 Å². The summed E-state index contributed by atoms with van der Waals surface area (Å²) >= 11 is 1.71. The van der Waals surface area contributed by atoms with Gasteiger partial charge < -0.3 is 14.8 Å². The third-order valence-corrected chi connectivity index (χ3v) is 4.98. The summed E-state index contributed by atoms with van der Waals surface area (Å²) in [7, 11) is 0. The zero-order valence-electron chi connectivity index (χ0n) is 11.4. The van der Waals surface area contributed by atoms with Crippen LogP contribution < -0.4 is 5.32 Å². The van der Waals surface area contributed by atoms with Gasteiger partial charge in [-0.2, -0.15) is 11.8 Å². The van der Waals surface area contributed by atoms with Crippen molar-refractivity contribution < 1.29 is 19.1 Å². The van der Waals surface area contributed by atoms with Gasteiger partial charge in [0.05, 0.1) is 6.26 Å². The van der Waals surface area contributed by atoms with Gasteiger partial charge in [0, 0.05) is 11.3 Å². The van der Waals surface area contributed by atoms with Crippen molar-refractivity contribution in [3.05, 3.63) is 23.7 Å². The average Bonchev–Trinajstić information content (AvgIpc) is 2.90. The molecule has 0 aliphatic carbocycles. The van der Waals surface area contributed by atoms with Crippen LogP contribution in [-0.2, 0) is 0 Å². The number of carbonyl (C=O) groups is 2. The molecule has 0 saturated heterocycles. The zero-order valence-corrected chi connectivity index (χ0v) is 12.2. The van der Waals surface area contributed by atoms with Gasteiger partial charge in [0.2, 0.25) is 5.76 Å². The third kappa shape index (κ3) is 3.53. The summed E-state index contributed by atoms with van der Waals surface area (Å²) in [5.74, 6) is -1.79. The summed E-state index contributed by atoms with van der Waals surface area (Å²) < 4.78 is 4.93. The van der Waals surface area contributed by atoms with Crippen LogP contribution in [0.2, 0.25) is 0 Å². The SMILES string of the molecule is CCC(CC)(CNC(=O)c1occc1C(=O)O)SC. The molecule has 1 aromatic heterocycles. The minimum absolute atomic E-state index is 0.0222. The predicted octanol–water partition coefficient (Wildman–Crippen LogP) is 2.63. The number of aromatic carboxylic acids is 1. The molecule has 0 aliphatic heterocycles. The number of nitrogens with one attached hydrogen (secondary N) is 1. The molecular weight excluding hydrogens is 266 g/mol. The maximum Gasteiger partial charge on any atom is 0.339 e. The van der Waals surface area contributed by atoms with E-state index in [0.29, 0.717) is 6.54 Å². The monoisotopic (exact) mass is 285 g/mol. The number of carbonyl (C=O) groups excluding carboxylic acids is 1. The summed E-state index contributed by atoms with van der Waals surface area (Å²) in [4.78, 5) is 22.9. The van der Waals surface area contributed by atoms with E-state index in [9.17, 15) is 9.59 Å². The van der Waals surface area contributed by atoms with Crippen molar-refractivity contribution in [3.63, 3.8) is 0 Å². The van der Waals surface area contributed by atoms with E-state index in [1.807, 2.05) is 6.26 Å². The second-order valence-corrected chi connectivity index (χ2v) is 5.52. The number of furan rings is 1. The first kappa shape index (κ1) is 15.6. The Morgan fingerprint density at radius 3 is 2.53 bits per heavy atom. The second kappa shape index (κ2) is 6.65. The number of thioether (sulfide) groups is 1. The lowest BCUT2D eigenvalue weighted by Gasteiger charge is -2.29. The fraction of sp³-hybridized carbons (Fsp3) is 0.538. The fourth-order valence-electron chi connectivity index (χ4n) is 1.84. The number of carboxylic acids is 1. The van der Waals surface area contributed by atoms with Crippen molar-refractivity contribution in [3.8, 4) is 0 Å². The number of hydrogen-bond acceptors (Lipinski definition) is 4. The smallest absolute Gasteiger partial charge is 0.339 e. The number of hydrogen-bond donors (Lipinski definition) is 2. The molecule has 0 saturated carbocycles. The van der Waals surface area contributed by atoms with Crippen LogP contribution in [0, 0.1) is 0 Å². The summed E-state index contributed by atoms with van der Waals surface area (Å²) in [5, 5.41) is 11.7. The van der Waals surface area contributed by atoms with Crippen LogP contribution in [0.4, 0.5) is 0 Å². The Labute approximate surface area is 116 Å². The van der Waals surface area contributed by atoms with Gasteiger partial charge in [0.1, 0.15) is 5.56 Å². The van der Waals surface area contributed by atoms with E-state index in [1.54, 1.807) is 11.8 Å². The van der Waals surface area contributed by atoms with E-state index < -0.39 is 11.9 Å². The minimum Gasteiger partial charge on any atom is -0.478 e. The summed E-state index contributed by atoms with van der Waals surface area (Å²) in [6, 6.07) is 1.28.